The third kappa shape index (κ3) is 5.11. The van der Waals surface area contributed by atoms with Crippen molar-refractivity contribution in [1.82, 2.24) is 24.4 Å². The largest absolute Gasteiger partial charge is 0.433 e. The fourth-order valence-corrected chi connectivity index (χ4v) is 6.37. The molecule has 2 fully saturated rings. The van der Waals surface area contributed by atoms with Crippen LogP contribution in [-0.2, 0) is 22.3 Å². The lowest BCUT2D eigenvalue weighted by Gasteiger charge is -2.27. The number of alkyl halides is 3. The van der Waals surface area contributed by atoms with Crippen LogP contribution in [-0.4, -0.2) is 54.1 Å². The van der Waals surface area contributed by atoms with E-state index in [9.17, 15) is 27.6 Å². The van der Waals surface area contributed by atoms with Crippen molar-refractivity contribution in [1.29, 1.82) is 0 Å². The second kappa shape index (κ2) is 10.2. The van der Waals surface area contributed by atoms with E-state index < -0.39 is 23.8 Å². The minimum Gasteiger partial charge on any atom is -0.337 e. The van der Waals surface area contributed by atoms with Crippen molar-refractivity contribution in [2.45, 2.75) is 72.3 Å². The smallest absolute Gasteiger partial charge is 0.337 e. The molecule has 0 bridgehead atoms. The normalized spacial score (nSPS) is 21.0. The summed E-state index contributed by atoms with van der Waals surface area (Å²) in [7, 11) is 0. The number of halogens is 3. The molecule has 1 N–H and O–H groups in total. The van der Waals surface area contributed by atoms with Gasteiger partial charge in [0.1, 0.15) is 29.9 Å². The summed E-state index contributed by atoms with van der Waals surface area (Å²) in [6, 6.07) is 4.93. The summed E-state index contributed by atoms with van der Waals surface area (Å²) in [5.41, 5.74) is 2.68. The first kappa shape index (κ1) is 29.5. The highest BCUT2D eigenvalue weighted by Crippen LogP contribution is 2.59. The van der Waals surface area contributed by atoms with Gasteiger partial charge in [0.15, 0.2) is 5.78 Å². The maximum atomic E-state index is 13.9. The van der Waals surface area contributed by atoms with Crippen molar-refractivity contribution in [3.8, 4) is 11.1 Å². The summed E-state index contributed by atoms with van der Waals surface area (Å²) in [5, 5.41) is 3.24. The Bertz CT molecular complexity index is 1850. The Morgan fingerprint density at radius 2 is 1.73 bits per heavy atom. The van der Waals surface area contributed by atoms with E-state index in [2.05, 4.69) is 20.3 Å². The van der Waals surface area contributed by atoms with E-state index in [1.54, 1.807) is 41.9 Å². The third-order valence-corrected chi connectivity index (χ3v) is 8.82. The van der Waals surface area contributed by atoms with Crippen LogP contribution in [0.15, 0.2) is 42.9 Å². The van der Waals surface area contributed by atoms with Crippen molar-refractivity contribution in [2.24, 2.45) is 5.41 Å². The number of aryl methyl sites for hydroxylation is 3. The number of anilines is 1. The molecule has 1 saturated carbocycles. The number of piperidine rings is 1. The van der Waals surface area contributed by atoms with Crippen LogP contribution < -0.4 is 5.32 Å². The fourth-order valence-electron chi connectivity index (χ4n) is 6.37. The number of rotatable bonds is 6. The molecule has 3 atom stereocenters. The average Bonchev–Trinajstić information content (AvgIpc) is 3.30. The summed E-state index contributed by atoms with van der Waals surface area (Å²) >= 11 is 0. The number of carbonyl (C=O) groups is 3. The molecule has 1 aliphatic heterocycles. The Morgan fingerprint density at radius 1 is 1.02 bits per heavy atom. The van der Waals surface area contributed by atoms with Crippen molar-refractivity contribution in [3.05, 3.63) is 71.1 Å². The first-order valence-electron chi connectivity index (χ1n) is 14.3. The average molecular weight is 605 g/mol. The first-order chi connectivity index (χ1) is 20.7. The molecule has 0 radical (unpaired) electrons. The van der Waals surface area contributed by atoms with Crippen LogP contribution in [0, 0.1) is 26.2 Å². The van der Waals surface area contributed by atoms with Crippen LogP contribution in [0.3, 0.4) is 0 Å². The Kier molecular flexibility index (Phi) is 6.86. The molecule has 4 heterocycles. The van der Waals surface area contributed by atoms with Gasteiger partial charge in [-0.3, -0.25) is 14.4 Å². The number of likely N-dealkylation sites (tertiary alicyclic amines) is 1. The van der Waals surface area contributed by atoms with Gasteiger partial charge in [-0.15, -0.1) is 0 Å². The molecule has 44 heavy (non-hydrogen) atoms. The van der Waals surface area contributed by atoms with Crippen molar-refractivity contribution < 1.29 is 27.6 Å². The molecule has 9 nitrogen and oxygen atoms in total. The first-order valence-corrected chi connectivity index (χ1v) is 14.3. The predicted octanol–water partition coefficient (Wildman–Crippen LogP) is 5.66. The number of pyridine rings is 1. The van der Waals surface area contributed by atoms with Crippen LogP contribution in [0.5, 0.6) is 0 Å². The monoisotopic (exact) mass is 604 g/mol. The summed E-state index contributed by atoms with van der Waals surface area (Å²) in [6.07, 6.45) is 1.56. The number of amides is 2. The van der Waals surface area contributed by atoms with E-state index >= 15 is 0 Å². The zero-order valence-electron chi connectivity index (χ0n) is 24.9. The SMILES string of the molecule is CC(=O)c1cn(CC(=O)N2C3C[C@]3(C)C[C@H]2C(=O)Nc2nc(C(F)(F)F)ccc2C)c2c(C)cc(-c3cnc(C)nc3)cc12. The van der Waals surface area contributed by atoms with Crippen LogP contribution >= 0.6 is 0 Å². The standard InChI is InChI=1S/C32H31F3N6O3/c1-16-6-7-25(32(33,34)35)38-29(16)39-30(44)24-10-31(5)11-26(31)41(24)27(43)15-40-14-23(18(3)42)22-9-20(8-17(2)28(22)40)21-12-36-19(4)37-13-21/h6-9,12-14,24,26H,10-11,15H2,1-5H3,(H,38,39,44)/t24-,26?,31-/m0/s1. The molecular formula is C32H31F3N6O3. The number of carbonyl (C=O) groups excluding carboxylic acids is 3. The van der Waals surface area contributed by atoms with Crippen LogP contribution in [0.25, 0.3) is 22.0 Å². The molecule has 1 saturated heterocycles. The molecule has 3 aromatic heterocycles. The van der Waals surface area contributed by atoms with E-state index in [1.165, 1.54) is 13.0 Å². The van der Waals surface area contributed by atoms with Crippen LogP contribution in [0.4, 0.5) is 19.0 Å². The molecule has 1 aliphatic carbocycles. The Labute approximate surface area is 251 Å². The molecule has 228 valence electrons. The maximum Gasteiger partial charge on any atom is 0.433 e. The number of hydrogen-bond donors (Lipinski definition) is 1. The van der Waals surface area contributed by atoms with Gasteiger partial charge in [-0.2, -0.15) is 13.2 Å². The number of nitrogens with one attached hydrogen (secondary N) is 1. The van der Waals surface area contributed by atoms with E-state index in [0.717, 1.165) is 34.7 Å². The third-order valence-electron chi connectivity index (χ3n) is 8.82. The van der Waals surface area contributed by atoms with Gasteiger partial charge in [-0.05, 0) is 80.8 Å². The summed E-state index contributed by atoms with van der Waals surface area (Å²) in [6.45, 7) is 8.61. The number of aromatic nitrogens is 4. The van der Waals surface area contributed by atoms with Gasteiger partial charge in [0.2, 0.25) is 11.8 Å². The Balaban J connectivity index is 1.30. The molecule has 4 aromatic rings. The number of benzene rings is 1. The van der Waals surface area contributed by atoms with Gasteiger partial charge < -0.3 is 14.8 Å². The maximum absolute atomic E-state index is 13.9. The van der Waals surface area contributed by atoms with Crippen molar-refractivity contribution in [3.63, 3.8) is 0 Å². The number of hydrogen-bond acceptors (Lipinski definition) is 6. The minimum atomic E-state index is -4.66. The quantitative estimate of drug-likeness (QED) is 0.285. The van der Waals surface area contributed by atoms with E-state index in [4.69, 9.17) is 0 Å². The van der Waals surface area contributed by atoms with Gasteiger partial charge in [-0.1, -0.05) is 13.0 Å². The van der Waals surface area contributed by atoms with Gasteiger partial charge in [0.05, 0.1) is 5.52 Å². The highest BCUT2D eigenvalue weighted by atomic mass is 19.4. The lowest BCUT2D eigenvalue weighted by atomic mass is 10.0. The highest BCUT2D eigenvalue weighted by molar-refractivity contribution is 6.09. The highest BCUT2D eigenvalue weighted by Gasteiger charge is 2.64. The minimum absolute atomic E-state index is 0.116. The van der Waals surface area contributed by atoms with Gasteiger partial charge in [0, 0.05) is 41.1 Å². The predicted molar refractivity (Wildman–Crippen MR) is 157 cm³/mol. The van der Waals surface area contributed by atoms with Gasteiger partial charge >= 0.3 is 6.18 Å². The lowest BCUT2D eigenvalue weighted by molar-refractivity contribution is -0.141. The second-order valence-corrected chi connectivity index (χ2v) is 12.2. The topological polar surface area (TPSA) is 110 Å². The van der Waals surface area contributed by atoms with Crippen LogP contribution in [0.2, 0.25) is 0 Å². The van der Waals surface area contributed by atoms with Gasteiger partial charge in [0.25, 0.3) is 0 Å². The number of fused-ring (bicyclic) bond motifs is 2. The van der Waals surface area contributed by atoms with Crippen molar-refractivity contribution in [2.75, 3.05) is 5.32 Å². The molecule has 2 amide bonds. The molecule has 0 spiro atoms. The molecule has 2 aliphatic rings. The van der Waals surface area contributed by atoms with Crippen molar-refractivity contribution >= 4 is 34.3 Å². The number of nitrogens with zero attached hydrogens (tertiary/aromatic N) is 5. The molecule has 12 heteroatoms. The number of ketones is 1. The summed E-state index contributed by atoms with van der Waals surface area (Å²) < 4.78 is 41.6. The summed E-state index contributed by atoms with van der Waals surface area (Å²) in [5.74, 6) is -0.592. The van der Waals surface area contributed by atoms with E-state index in [-0.39, 0.29) is 35.5 Å². The molecule has 6 rings (SSSR count). The molecule has 1 unspecified atom stereocenters. The molecular weight excluding hydrogens is 573 g/mol. The van der Waals surface area contributed by atoms with E-state index in [1.807, 2.05) is 26.0 Å². The Hall–Kier alpha value is -4.61. The Morgan fingerprint density at radius 3 is 2.39 bits per heavy atom. The number of Topliss-reactive ketones (excluding diaryl/α,β-unsaturated/α-hetero) is 1. The fraction of sp³-hybridized carbons (Fsp3) is 0.375. The second-order valence-electron chi connectivity index (χ2n) is 12.2. The zero-order chi connectivity index (χ0) is 31.7. The van der Waals surface area contributed by atoms with Crippen LogP contribution in [0.1, 0.15) is 59.7 Å². The van der Waals surface area contributed by atoms with Gasteiger partial charge in [-0.25, -0.2) is 15.0 Å². The molecule has 1 aromatic carbocycles. The zero-order valence-corrected chi connectivity index (χ0v) is 24.9. The summed E-state index contributed by atoms with van der Waals surface area (Å²) in [4.78, 5) is 53.8. The van der Waals surface area contributed by atoms with E-state index in [0.29, 0.717) is 28.8 Å². The lowest BCUT2D eigenvalue weighted by Crippen LogP contribution is -2.46.